The Balaban J connectivity index is 1.91. The number of aliphatic imine (C=N–C) groups is 1. The lowest BCUT2D eigenvalue weighted by molar-refractivity contribution is -0.149. The Morgan fingerprint density at radius 2 is 1.86 bits per heavy atom. The standard InChI is InChI=1S/C12H10N4O5S/c1-15-10-9(7-13-15)14-12(18)16(11(10)17)21-22(19,20)8-5-3-2-4-6-8/h2-7,10H,1H3. The van der Waals surface area contributed by atoms with Gasteiger partial charge < -0.3 is 0 Å². The Morgan fingerprint density at radius 3 is 2.55 bits per heavy atom. The van der Waals surface area contributed by atoms with Gasteiger partial charge in [-0.2, -0.15) is 18.5 Å². The number of fused-ring (bicyclic) bond motifs is 1. The number of likely N-dealkylation sites (N-methyl/N-ethyl adjacent to an activating group) is 1. The summed E-state index contributed by atoms with van der Waals surface area (Å²) in [4.78, 5) is 27.5. The third-order valence-corrected chi connectivity index (χ3v) is 4.26. The average molecular weight is 322 g/mol. The molecule has 9 nitrogen and oxygen atoms in total. The monoisotopic (exact) mass is 322 g/mol. The molecule has 3 rings (SSSR count). The molecule has 2 aliphatic heterocycles. The SMILES string of the molecule is CN1N=CC2=NC(=O)N(OS(=O)(=O)c3ccccc3)C(=O)C21. The molecule has 1 unspecified atom stereocenters. The molecule has 2 aliphatic rings. The molecule has 0 aliphatic carbocycles. The third-order valence-electron chi connectivity index (χ3n) is 3.06. The van der Waals surface area contributed by atoms with Gasteiger partial charge in [-0.1, -0.05) is 18.2 Å². The largest absolute Gasteiger partial charge is 0.376 e. The van der Waals surface area contributed by atoms with E-state index in [0.29, 0.717) is 0 Å². The van der Waals surface area contributed by atoms with Crippen molar-refractivity contribution in [3.8, 4) is 0 Å². The van der Waals surface area contributed by atoms with E-state index in [4.69, 9.17) is 0 Å². The first-order chi connectivity index (χ1) is 10.4. The minimum atomic E-state index is -4.32. The van der Waals surface area contributed by atoms with Crippen molar-refractivity contribution in [2.45, 2.75) is 10.9 Å². The second-order valence-corrected chi connectivity index (χ2v) is 6.04. The quantitative estimate of drug-likeness (QED) is 0.775. The number of amides is 3. The highest BCUT2D eigenvalue weighted by Crippen LogP contribution is 2.20. The van der Waals surface area contributed by atoms with E-state index in [1.54, 1.807) is 6.07 Å². The van der Waals surface area contributed by atoms with Crippen molar-refractivity contribution in [3.05, 3.63) is 30.3 Å². The van der Waals surface area contributed by atoms with Crippen molar-refractivity contribution in [1.29, 1.82) is 0 Å². The van der Waals surface area contributed by atoms with Gasteiger partial charge in [-0.25, -0.2) is 4.79 Å². The fourth-order valence-electron chi connectivity index (χ4n) is 2.01. The lowest BCUT2D eigenvalue weighted by atomic mass is 10.1. The molecule has 1 aromatic carbocycles. The van der Waals surface area contributed by atoms with Gasteiger partial charge in [-0.15, -0.1) is 9.35 Å². The molecule has 1 aromatic rings. The maximum Gasteiger partial charge on any atom is 0.376 e. The molecule has 3 amide bonds. The van der Waals surface area contributed by atoms with Crippen LogP contribution in [0.3, 0.4) is 0 Å². The summed E-state index contributed by atoms with van der Waals surface area (Å²) in [6.45, 7) is 0. The van der Waals surface area contributed by atoms with Crippen LogP contribution < -0.4 is 0 Å². The van der Waals surface area contributed by atoms with E-state index in [-0.39, 0.29) is 15.7 Å². The Hall–Kier alpha value is -2.59. The number of hydrogen-bond donors (Lipinski definition) is 0. The van der Waals surface area contributed by atoms with Gasteiger partial charge in [0.15, 0.2) is 6.04 Å². The molecule has 0 saturated heterocycles. The van der Waals surface area contributed by atoms with Crippen molar-refractivity contribution in [2.24, 2.45) is 10.1 Å². The summed E-state index contributed by atoms with van der Waals surface area (Å²) >= 11 is 0. The van der Waals surface area contributed by atoms with Crippen LogP contribution in [0.5, 0.6) is 0 Å². The summed E-state index contributed by atoms with van der Waals surface area (Å²) in [5, 5.41) is 5.23. The van der Waals surface area contributed by atoms with E-state index in [9.17, 15) is 18.0 Å². The molecule has 0 bridgehead atoms. The number of urea groups is 1. The van der Waals surface area contributed by atoms with Crippen LogP contribution in [-0.2, 0) is 19.2 Å². The summed E-state index contributed by atoms with van der Waals surface area (Å²) in [7, 11) is -2.82. The van der Waals surface area contributed by atoms with Crippen LogP contribution in [0.4, 0.5) is 4.79 Å². The predicted octanol–water partition coefficient (Wildman–Crippen LogP) is 0.00990. The number of benzene rings is 1. The van der Waals surface area contributed by atoms with Gasteiger partial charge in [-0.3, -0.25) is 9.80 Å². The number of imide groups is 1. The molecule has 10 heteroatoms. The number of carbonyl (C=O) groups excluding carboxylic acids is 2. The summed E-state index contributed by atoms with van der Waals surface area (Å²) in [6, 6.07) is 5.09. The summed E-state index contributed by atoms with van der Waals surface area (Å²) < 4.78 is 28.9. The predicted molar refractivity (Wildman–Crippen MR) is 74.4 cm³/mol. The highest BCUT2D eigenvalue weighted by Gasteiger charge is 2.44. The average Bonchev–Trinajstić information content (AvgIpc) is 2.85. The van der Waals surface area contributed by atoms with Crippen LogP contribution in [0, 0.1) is 0 Å². The van der Waals surface area contributed by atoms with Gasteiger partial charge in [-0.05, 0) is 12.1 Å². The van der Waals surface area contributed by atoms with E-state index in [1.165, 1.54) is 42.5 Å². The molecule has 2 heterocycles. The molecule has 0 aromatic heterocycles. The zero-order valence-corrected chi connectivity index (χ0v) is 12.1. The van der Waals surface area contributed by atoms with E-state index >= 15 is 0 Å². The lowest BCUT2D eigenvalue weighted by Gasteiger charge is -2.27. The van der Waals surface area contributed by atoms with Gasteiger partial charge in [0.25, 0.3) is 5.91 Å². The van der Waals surface area contributed by atoms with Gasteiger partial charge in [0.05, 0.1) is 11.1 Å². The van der Waals surface area contributed by atoms with E-state index in [0.717, 1.165) is 0 Å². The number of hydrazone groups is 1. The first-order valence-corrected chi connectivity index (χ1v) is 7.54. The first-order valence-electron chi connectivity index (χ1n) is 6.13. The number of hydroxylamine groups is 2. The third kappa shape index (κ3) is 2.27. The van der Waals surface area contributed by atoms with Crippen LogP contribution in [0.2, 0.25) is 0 Å². The van der Waals surface area contributed by atoms with Gasteiger partial charge in [0.1, 0.15) is 5.71 Å². The van der Waals surface area contributed by atoms with E-state index < -0.39 is 28.1 Å². The topological polar surface area (TPSA) is 109 Å². The maximum atomic E-state index is 12.2. The molecular formula is C12H10N4O5S. The Bertz CT molecular complexity index is 802. The lowest BCUT2D eigenvalue weighted by Crippen LogP contribution is -2.53. The minimum Gasteiger partial charge on any atom is -0.281 e. The summed E-state index contributed by atoms with van der Waals surface area (Å²) in [6.07, 6.45) is 1.27. The molecule has 0 saturated carbocycles. The van der Waals surface area contributed by atoms with Crippen molar-refractivity contribution in [2.75, 3.05) is 7.05 Å². The van der Waals surface area contributed by atoms with Gasteiger partial charge in [0.2, 0.25) is 0 Å². The molecule has 0 N–H and O–H groups in total. The summed E-state index contributed by atoms with van der Waals surface area (Å²) in [5.41, 5.74) is 0.148. The Kier molecular flexibility index (Phi) is 3.26. The minimum absolute atomic E-state index is 0.141. The van der Waals surface area contributed by atoms with Gasteiger partial charge >= 0.3 is 16.1 Å². The first kappa shape index (κ1) is 14.4. The van der Waals surface area contributed by atoms with Gasteiger partial charge in [0, 0.05) is 7.05 Å². The van der Waals surface area contributed by atoms with Crippen molar-refractivity contribution in [3.63, 3.8) is 0 Å². The molecule has 1 atom stereocenters. The van der Waals surface area contributed by atoms with Crippen LogP contribution in [0.15, 0.2) is 45.3 Å². The molecule has 0 spiro atoms. The number of hydrogen-bond acceptors (Lipinski definition) is 7. The van der Waals surface area contributed by atoms with Crippen molar-refractivity contribution in [1.82, 2.24) is 10.1 Å². The van der Waals surface area contributed by atoms with Crippen LogP contribution in [0.25, 0.3) is 0 Å². The molecular weight excluding hydrogens is 312 g/mol. The Labute approximate surface area is 125 Å². The van der Waals surface area contributed by atoms with Crippen LogP contribution in [-0.4, -0.2) is 55.4 Å². The molecule has 0 radical (unpaired) electrons. The fraction of sp³-hybridized carbons (Fsp3) is 0.167. The fourth-order valence-corrected chi connectivity index (χ4v) is 2.92. The highest BCUT2D eigenvalue weighted by atomic mass is 32.2. The number of nitrogens with zero attached hydrogens (tertiary/aromatic N) is 4. The molecule has 0 fully saturated rings. The second-order valence-electron chi connectivity index (χ2n) is 4.51. The number of carbonyl (C=O) groups is 2. The van der Waals surface area contributed by atoms with Crippen LogP contribution >= 0.6 is 0 Å². The number of rotatable bonds is 3. The zero-order valence-electron chi connectivity index (χ0n) is 11.3. The Morgan fingerprint density at radius 1 is 1.18 bits per heavy atom. The van der Waals surface area contributed by atoms with Crippen molar-refractivity contribution >= 4 is 34.0 Å². The summed E-state index contributed by atoms with van der Waals surface area (Å²) in [5.74, 6) is -0.866. The van der Waals surface area contributed by atoms with E-state index in [1.807, 2.05) is 0 Å². The van der Waals surface area contributed by atoms with Crippen LogP contribution in [0.1, 0.15) is 0 Å². The zero-order chi connectivity index (χ0) is 15.9. The maximum absolute atomic E-state index is 12.2. The van der Waals surface area contributed by atoms with Crippen molar-refractivity contribution < 1.29 is 22.3 Å². The van der Waals surface area contributed by atoms with E-state index in [2.05, 4.69) is 14.4 Å². The second kappa shape index (κ2) is 5.00. The normalized spacial score (nSPS) is 21.1. The molecule has 22 heavy (non-hydrogen) atoms. The smallest absolute Gasteiger partial charge is 0.281 e. The highest BCUT2D eigenvalue weighted by molar-refractivity contribution is 7.86. The molecule has 114 valence electrons.